The Hall–Kier alpha value is -0.900. The maximum absolute atomic E-state index is 5.59. The molecule has 1 aromatic heterocycles. The molecule has 1 rings (SSSR count). The SMILES string of the molecule is CCc1noc(CCC(C)N)n1. The zero-order valence-corrected chi connectivity index (χ0v) is 7.58. The molecule has 0 saturated carbocycles. The highest BCUT2D eigenvalue weighted by atomic mass is 16.5. The highest BCUT2D eigenvalue weighted by Gasteiger charge is 2.04. The van der Waals surface area contributed by atoms with E-state index in [1.165, 1.54) is 0 Å². The summed E-state index contributed by atoms with van der Waals surface area (Å²) in [6.45, 7) is 3.97. The van der Waals surface area contributed by atoms with Crippen LogP contribution in [0.2, 0.25) is 0 Å². The lowest BCUT2D eigenvalue weighted by Crippen LogP contribution is -2.15. The summed E-state index contributed by atoms with van der Waals surface area (Å²) in [5.41, 5.74) is 5.59. The van der Waals surface area contributed by atoms with E-state index in [1.807, 2.05) is 13.8 Å². The van der Waals surface area contributed by atoms with E-state index >= 15 is 0 Å². The van der Waals surface area contributed by atoms with E-state index in [9.17, 15) is 0 Å². The third-order valence-electron chi connectivity index (χ3n) is 1.64. The Kier molecular flexibility index (Phi) is 3.22. The zero-order valence-electron chi connectivity index (χ0n) is 7.58. The highest BCUT2D eigenvalue weighted by Crippen LogP contribution is 2.02. The lowest BCUT2D eigenvalue weighted by molar-refractivity contribution is 0.367. The molecule has 0 saturated heterocycles. The maximum atomic E-state index is 5.59. The molecule has 0 fully saturated rings. The lowest BCUT2D eigenvalue weighted by atomic mass is 10.2. The van der Waals surface area contributed by atoms with Crippen molar-refractivity contribution in [2.75, 3.05) is 0 Å². The van der Waals surface area contributed by atoms with Crippen molar-refractivity contribution in [1.29, 1.82) is 0 Å². The van der Waals surface area contributed by atoms with Crippen LogP contribution < -0.4 is 5.73 Å². The van der Waals surface area contributed by atoms with Crippen molar-refractivity contribution in [2.24, 2.45) is 5.73 Å². The predicted octanol–water partition coefficient (Wildman–Crippen LogP) is 0.912. The first-order valence-electron chi connectivity index (χ1n) is 4.29. The number of hydrogen-bond acceptors (Lipinski definition) is 4. The molecular weight excluding hydrogens is 154 g/mol. The fourth-order valence-electron chi connectivity index (χ4n) is 0.886. The number of rotatable bonds is 4. The minimum atomic E-state index is 0.196. The van der Waals surface area contributed by atoms with Crippen molar-refractivity contribution in [2.45, 2.75) is 39.2 Å². The van der Waals surface area contributed by atoms with Gasteiger partial charge in [-0.15, -0.1) is 0 Å². The van der Waals surface area contributed by atoms with E-state index < -0.39 is 0 Å². The van der Waals surface area contributed by atoms with E-state index in [2.05, 4.69) is 10.1 Å². The van der Waals surface area contributed by atoms with Crippen molar-refractivity contribution < 1.29 is 4.52 Å². The molecule has 0 aliphatic carbocycles. The number of nitrogens with two attached hydrogens (primary N) is 1. The second-order valence-electron chi connectivity index (χ2n) is 2.97. The van der Waals surface area contributed by atoms with Gasteiger partial charge in [-0.2, -0.15) is 4.98 Å². The minimum Gasteiger partial charge on any atom is -0.339 e. The molecule has 4 nitrogen and oxygen atoms in total. The van der Waals surface area contributed by atoms with Crippen molar-refractivity contribution in [3.05, 3.63) is 11.7 Å². The third-order valence-corrected chi connectivity index (χ3v) is 1.64. The largest absolute Gasteiger partial charge is 0.339 e. The molecule has 1 heterocycles. The van der Waals surface area contributed by atoms with Gasteiger partial charge in [-0.25, -0.2) is 0 Å². The number of nitrogens with zero attached hydrogens (tertiary/aromatic N) is 2. The monoisotopic (exact) mass is 169 g/mol. The Bertz CT molecular complexity index is 232. The van der Waals surface area contributed by atoms with Crippen LogP contribution in [-0.4, -0.2) is 16.2 Å². The van der Waals surface area contributed by atoms with Gasteiger partial charge in [-0.1, -0.05) is 12.1 Å². The summed E-state index contributed by atoms with van der Waals surface area (Å²) in [4.78, 5) is 4.17. The fourth-order valence-corrected chi connectivity index (χ4v) is 0.886. The van der Waals surface area contributed by atoms with Crippen molar-refractivity contribution in [3.8, 4) is 0 Å². The van der Waals surface area contributed by atoms with Gasteiger partial charge in [0.15, 0.2) is 5.82 Å². The van der Waals surface area contributed by atoms with Crippen LogP contribution in [0.3, 0.4) is 0 Å². The molecule has 0 spiro atoms. The maximum Gasteiger partial charge on any atom is 0.226 e. The summed E-state index contributed by atoms with van der Waals surface area (Å²) in [5, 5.41) is 3.79. The zero-order chi connectivity index (χ0) is 8.97. The first-order chi connectivity index (χ1) is 5.72. The average Bonchev–Trinajstić information content (AvgIpc) is 2.48. The second kappa shape index (κ2) is 4.21. The second-order valence-corrected chi connectivity index (χ2v) is 2.97. The Morgan fingerprint density at radius 2 is 2.33 bits per heavy atom. The van der Waals surface area contributed by atoms with Gasteiger partial charge in [0, 0.05) is 18.9 Å². The van der Waals surface area contributed by atoms with Gasteiger partial charge in [0.25, 0.3) is 0 Å². The molecule has 1 atom stereocenters. The Balaban J connectivity index is 2.41. The average molecular weight is 169 g/mol. The molecule has 4 heteroatoms. The van der Waals surface area contributed by atoms with Crippen molar-refractivity contribution in [1.82, 2.24) is 10.1 Å². The number of aromatic nitrogens is 2. The molecule has 1 aromatic rings. The molecule has 0 bridgehead atoms. The van der Waals surface area contributed by atoms with E-state index in [0.717, 1.165) is 25.1 Å². The van der Waals surface area contributed by atoms with Gasteiger partial charge in [0.05, 0.1) is 0 Å². The molecule has 0 amide bonds. The highest BCUT2D eigenvalue weighted by molar-refractivity contribution is 4.85. The van der Waals surface area contributed by atoms with E-state index in [4.69, 9.17) is 10.3 Å². The number of hydrogen-bond donors (Lipinski definition) is 1. The predicted molar refractivity (Wildman–Crippen MR) is 45.6 cm³/mol. The van der Waals surface area contributed by atoms with Crippen LogP contribution >= 0.6 is 0 Å². The molecule has 68 valence electrons. The van der Waals surface area contributed by atoms with Gasteiger partial charge in [-0.3, -0.25) is 0 Å². The molecular formula is C8H15N3O. The third kappa shape index (κ3) is 2.62. The summed E-state index contributed by atoms with van der Waals surface area (Å²) in [6.07, 6.45) is 2.50. The van der Waals surface area contributed by atoms with Gasteiger partial charge in [0.2, 0.25) is 5.89 Å². The molecule has 1 unspecified atom stereocenters. The molecule has 0 aromatic carbocycles. The van der Waals surface area contributed by atoms with Crippen LogP contribution in [0, 0.1) is 0 Å². The summed E-state index contributed by atoms with van der Waals surface area (Å²) >= 11 is 0. The lowest BCUT2D eigenvalue weighted by Gasteiger charge is -1.99. The van der Waals surface area contributed by atoms with E-state index in [1.54, 1.807) is 0 Å². The normalized spacial score (nSPS) is 13.2. The van der Waals surface area contributed by atoms with Gasteiger partial charge >= 0.3 is 0 Å². The molecule has 12 heavy (non-hydrogen) atoms. The fraction of sp³-hybridized carbons (Fsp3) is 0.750. The quantitative estimate of drug-likeness (QED) is 0.727. The molecule has 0 radical (unpaired) electrons. The Morgan fingerprint density at radius 1 is 1.58 bits per heavy atom. The van der Waals surface area contributed by atoms with Crippen LogP contribution in [0.4, 0.5) is 0 Å². The topological polar surface area (TPSA) is 64.9 Å². The van der Waals surface area contributed by atoms with Crippen LogP contribution in [-0.2, 0) is 12.8 Å². The Labute approximate surface area is 72.1 Å². The summed E-state index contributed by atoms with van der Waals surface area (Å²) < 4.78 is 4.99. The molecule has 0 aliphatic heterocycles. The van der Waals surface area contributed by atoms with E-state index in [0.29, 0.717) is 5.89 Å². The van der Waals surface area contributed by atoms with Gasteiger partial charge in [0.1, 0.15) is 0 Å². The van der Waals surface area contributed by atoms with Crippen molar-refractivity contribution in [3.63, 3.8) is 0 Å². The first-order valence-corrected chi connectivity index (χ1v) is 4.29. The van der Waals surface area contributed by atoms with Crippen LogP contribution in [0.1, 0.15) is 32.0 Å². The van der Waals surface area contributed by atoms with Crippen molar-refractivity contribution >= 4 is 0 Å². The summed E-state index contributed by atoms with van der Waals surface area (Å²) in [5.74, 6) is 1.47. The van der Waals surface area contributed by atoms with Crippen LogP contribution in [0.15, 0.2) is 4.52 Å². The minimum absolute atomic E-state index is 0.196. The summed E-state index contributed by atoms with van der Waals surface area (Å²) in [7, 11) is 0. The van der Waals surface area contributed by atoms with E-state index in [-0.39, 0.29) is 6.04 Å². The first kappa shape index (κ1) is 9.19. The number of aryl methyl sites for hydroxylation is 2. The van der Waals surface area contributed by atoms with Gasteiger partial charge < -0.3 is 10.3 Å². The summed E-state index contributed by atoms with van der Waals surface area (Å²) in [6, 6.07) is 0.196. The Morgan fingerprint density at radius 3 is 2.83 bits per heavy atom. The molecule has 2 N–H and O–H groups in total. The smallest absolute Gasteiger partial charge is 0.226 e. The molecule has 0 aliphatic rings. The van der Waals surface area contributed by atoms with Crippen LogP contribution in [0.5, 0.6) is 0 Å². The standard InChI is InChI=1S/C8H15N3O/c1-3-7-10-8(12-11-7)5-4-6(2)9/h6H,3-5,9H2,1-2H3. The van der Waals surface area contributed by atoms with Crippen LogP contribution in [0.25, 0.3) is 0 Å². The van der Waals surface area contributed by atoms with Gasteiger partial charge in [-0.05, 0) is 13.3 Å².